The second-order valence-electron chi connectivity index (χ2n) is 11.1. The van der Waals surface area contributed by atoms with Gasteiger partial charge in [-0.3, -0.25) is 4.79 Å². The van der Waals surface area contributed by atoms with Gasteiger partial charge in [0.05, 0.1) is 11.6 Å². The molecule has 2 heterocycles. The Morgan fingerprint density at radius 1 is 1.17 bits per heavy atom. The minimum absolute atomic E-state index is 0.0125. The number of halogens is 1. The molecule has 1 saturated heterocycles. The summed E-state index contributed by atoms with van der Waals surface area (Å²) in [6.07, 6.45) is 0.793. The first-order valence-electron chi connectivity index (χ1n) is 12.1. The zero-order valence-electron chi connectivity index (χ0n) is 20.6. The van der Waals surface area contributed by atoms with Crippen LogP contribution in [-0.2, 0) is 6.54 Å². The fourth-order valence-corrected chi connectivity index (χ4v) is 6.64. The van der Waals surface area contributed by atoms with E-state index in [9.17, 15) is 4.79 Å². The third-order valence-corrected chi connectivity index (χ3v) is 8.10. The molecule has 0 atom stereocenters. The minimum atomic E-state index is -0.272. The first-order chi connectivity index (χ1) is 16.6. The van der Waals surface area contributed by atoms with Crippen LogP contribution < -0.4 is 10.1 Å². The molecule has 35 heavy (non-hydrogen) atoms. The van der Waals surface area contributed by atoms with Crippen LogP contribution >= 0.6 is 11.6 Å². The van der Waals surface area contributed by atoms with Gasteiger partial charge in [-0.2, -0.15) is 0 Å². The molecule has 3 aliphatic rings. The molecule has 180 valence electrons. The van der Waals surface area contributed by atoms with Crippen LogP contribution in [0.15, 0.2) is 36.4 Å². The molecule has 1 saturated carbocycles. The molecule has 5 rings (SSSR count). The van der Waals surface area contributed by atoms with Crippen LogP contribution in [-0.4, -0.2) is 36.0 Å². The van der Waals surface area contributed by atoms with Gasteiger partial charge in [-0.1, -0.05) is 57.2 Å². The highest BCUT2D eigenvalue weighted by atomic mass is 35.5. The van der Waals surface area contributed by atoms with Crippen LogP contribution in [0.4, 0.5) is 5.69 Å². The Bertz CT molecular complexity index is 1280. The molecule has 6 heteroatoms. The molecule has 2 fully saturated rings. The largest absolute Gasteiger partial charge is 0.489 e. The number of benzene rings is 2. The van der Waals surface area contributed by atoms with E-state index in [4.69, 9.17) is 22.9 Å². The van der Waals surface area contributed by atoms with Crippen molar-refractivity contribution in [3.05, 3.63) is 69.5 Å². The molecule has 0 unspecified atom stereocenters. The lowest BCUT2D eigenvalue weighted by Gasteiger charge is -2.65. The first-order valence-corrected chi connectivity index (χ1v) is 12.5. The topological polar surface area (TPSA) is 45.9 Å². The van der Waals surface area contributed by atoms with Crippen molar-refractivity contribution in [2.75, 3.05) is 13.1 Å². The van der Waals surface area contributed by atoms with Gasteiger partial charge in [0.15, 0.2) is 0 Å². The number of nitrogens with one attached hydrogen (secondary N) is 1. The number of rotatable bonds is 4. The lowest BCUT2D eigenvalue weighted by Crippen LogP contribution is -2.74. The molecular formula is C29H30ClN3O2. The van der Waals surface area contributed by atoms with Crippen LogP contribution in [0.25, 0.3) is 4.85 Å². The molecule has 0 radical (unpaired) electrons. The highest BCUT2D eigenvalue weighted by Crippen LogP contribution is 2.59. The van der Waals surface area contributed by atoms with Crippen LogP contribution in [0.2, 0.25) is 5.02 Å². The van der Waals surface area contributed by atoms with Gasteiger partial charge in [-0.25, -0.2) is 4.85 Å². The predicted octanol–water partition coefficient (Wildman–Crippen LogP) is 5.69. The number of ether oxygens (including phenoxy) is 1. The Labute approximate surface area is 212 Å². The lowest BCUT2D eigenvalue weighted by atomic mass is 9.49. The van der Waals surface area contributed by atoms with Crippen molar-refractivity contribution >= 4 is 23.2 Å². The third-order valence-electron chi connectivity index (χ3n) is 7.79. The number of fused-ring (bicyclic) bond motifs is 1. The van der Waals surface area contributed by atoms with E-state index in [0.29, 0.717) is 28.9 Å². The van der Waals surface area contributed by atoms with Gasteiger partial charge in [0.1, 0.15) is 11.9 Å². The summed E-state index contributed by atoms with van der Waals surface area (Å²) in [5.41, 5.74) is 2.66. The third kappa shape index (κ3) is 3.98. The standard InChI is InChI=1S/C29H30ClN3O2/c1-28(2)26(29(3,4)27(28)35-21-10-12-24(31-5)23(30)14-21)33-17-20-13-18(9-11-22(20)25(33)34)7-6-8-19-15-32-16-19/h9-14,19,26-27,32H,8,15-17H2,1-4H3. The number of nitrogens with zero attached hydrogens (tertiary/aromatic N) is 2. The summed E-state index contributed by atoms with van der Waals surface area (Å²) in [4.78, 5) is 18.9. The quantitative estimate of drug-likeness (QED) is 0.445. The Kier molecular flexibility index (Phi) is 5.83. The zero-order chi connectivity index (χ0) is 25.0. The fourth-order valence-electron chi connectivity index (χ4n) is 6.42. The maximum absolute atomic E-state index is 13.4. The van der Waals surface area contributed by atoms with Gasteiger partial charge in [-0.15, -0.1) is 0 Å². The zero-order valence-corrected chi connectivity index (χ0v) is 21.4. The van der Waals surface area contributed by atoms with E-state index in [1.807, 2.05) is 17.0 Å². The summed E-state index contributed by atoms with van der Waals surface area (Å²) in [6.45, 7) is 18.5. The molecule has 0 spiro atoms. The SMILES string of the molecule is [C-]#[N+]c1ccc(OC2C(C)(C)C(N3Cc4cc(C#CCC5CNC5)ccc4C3=O)C2(C)C)cc1Cl. The van der Waals surface area contributed by atoms with Crippen molar-refractivity contribution in [2.45, 2.75) is 52.8 Å². The molecule has 0 bridgehead atoms. The summed E-state index contributed by atoms with van der Waals surface area (Å²) in [5, 5.41) is 3.66. The van der Waals surface area contributed by atoms with Gasteiger partial charge < -0.3 is 15.0 Å². The van der Waals surface area contributed by atoms with Crippen LogP contribution in [0.3, 0.4) is 0 Å². The van der Waals surface area contributed by atoms with Crippen molar-refractivity contribution in [2.24, 2.45) is 16.7 Å². The van der Waals surface area contributed by atoms with E-state index in [1.165, 1.54) is 0 Å². The Morgan fingerprint density at radius 3 is 2.54 bits per heavy atom. The van der Waals surface area contributed by atoms with Gasteiger partial charge in [0, 0.05) is 54.1 Å². The molecular weight excluding hydrogens is 458 g/mol. The fraction of sp³-hybridized carbons (Fsp3) is 0.448. The normalized spacial score (nSPS) is 23.9. The van der Waals surface area contributed by atoms with Gasteiger partial charge in [0.25, 0.3) is 5.91 Å². The molecule has 0 aromatic heterocycles. The van der Waals surface area contributed by atoms with Crippen LogP contribution in [0.5, 0.6) is 5.75 Å². The Balaban J connectivity index is 1.33. The van der Waals surface area contributed by atoms with Crippen LogP contribution in [0, 0.1) is 35.2 Å². The second-order valence-corrected chi connectivity index (χ2v) is 11.5. The van der Waals surface area contributed by atoms with E-state index < -0.39 is 0 Å². The lowest BCUT2D eigenvalue weighted by molar-refractivity contribution is -0.199. The molecule has 2 aromatic rings. The molecule has 5 nitrogen and oxygen atoms in total. The Morgan fingerprint density at radius 2 is 1.91 bits per heavy atom. The number of carbonyl (C=O) groups is 1. The molecule has 1 amide bonds. The average molecular weight is 488 g/mol. The van der Waals surface area contributed by atoms with E-state index >= 15 is 0 Å². The van der Waals surface area contributed by atoms with Crippen LogP contribution in [0.1, 0.15) is 55.6 Å². The number of hydrogen-bond donors (Lipinski definition) is 1. The highest BCUT2D eigenvalue weighted by Gasteiger charge is 2.66. The van der Waals surface area contributed by atoms with E-state index in [1.54, 1.807) is 18.2 Å². The van der Waals surface area contributed by atoms with Crippen molar-refractivity contribution < 1.29 is 9.53 Å². The molecule has 1 N–H and O–H groups in total. The van der Waals surface area contributed by atoms with Gasteiger partial charge >= 0.3 is 0 Å². The van der Waals surface area contributed by atoms with E-state index in [2.05, 4.69) is 55.8 Å². The monoisotopic (exact) mass is 487 g/mol. The minimum Gasteiger partial charge on any atom is -0.489 e. The molecule has 2 aromatic carbocycles. The van der Waals surface area contributed by atoms with Crippen molar-refractivity contribution in [3.63, 3.8) is 0 Å². The summed E-state index contributed by atoms with van der Waals surface area (Å²) in [6, 6.07) is 11.2. The Hall–Kier alpha value is -2.99. The number of hydrogen-bond acceptors (Lipinski definition) is 3. The summed E-state index contributed by atoms with van der Waals surface area (Å²) in [7, 11) is 0. The van der Waals surface area contributed by atoms with Crippen molar-refractivity contribution in [1.82, 2.24) is 10.2 Å². The van der Waals surface area contributed by atoms with E-state index in [-0.39, 0.29) is 28.9 Å². The van der Waals surface area contributed by atoms with Crippen molar-refractivity contribution in [3.8, 4) is 17.6 Å². The summed E-state index contributed by atoms with van der Waals surface area (Å²) >= 11 is 6.23. The van der Waals surface area contributed by atoms with Gasteiger partial charge in [0.2, 0.25) is 5.69 Å². The van der Waals surface area contributed by atoms with Crippen molar-refractivity contribution in [1.29, 1.82) is 0 Å². The summed E-state index contributed by atoms with van der Waals surface area (Å²) < 4.78 is 6.41. The first kappa shape index (κ1) is 23.7. The smallest absolute Gasteiger partial charge is 0.254 e. The maximum Gasteiger partial charge on any atom is 0.254 e. The maximum atomic E-state index is 13.4. The number of amides is 1. The van der Waals surface area contributed by atoms with Gasteiger partial charge in [-0.05, 0) is 41.8 Å². The highest BCUT2D eigenvalue weighted by molar-refractivity contribution is 6.33. The second kappa shape index (κ2) is 8.59. The number of carbonyl (C=O) groups excluding carboxylic acids is 1. The molecule has 1 aliphatic carbocycles. The molecule has 2 aliphatic heterocycles. The average Bonchev–Trinajstić information content (AvgIpc) is 3.08. The predicted molar refractivity (Wildman–Crippen MR) is 138 cm³/mol. The summed E-state index contributed by atoms with van der Waals surface area (Å²) in [5.74, 6) is 7.96. The van der Waals surface area contributed by atoms with E-state index in [0.717, 1.165) is 36.2 Å².